The first-order valence-electron chi connectivity index (χ1n) is 10.9. The standard InChI is InChI=1S/C22H36N6O6/c1-19(2,3)25-27-21(7,15-23)11-9-13-31-17(29)33-34-18(30)32-14-10-12-22(8,16-24)28-26-20(4,5)6/h9-14H2,1-8H3/b27-25+,28-26+. The summed E-state index contributed by atoms with van der Waals surface area (Å²) in [6.45, 7) is 14.3. The lowest BCUT2D eigenvalue weighted by Crippen LogP contribution is -2.22. The lowest BCUT2D eigenvalue weighted by atomic mass is 9.99. The molecule has 0 spiro atoms. The van der Waals surface area contributed by atoms with E-state index in [2.05, 4.69) is 42.4 Å². The lowest BCUT2D eigenvalue weighted by molar-refractivity contribution is -0.217. The summed E-state index contributed by atoms with van der Waals surface area (Å²) in [4.78, 5) is 31.5. The Morgan fingerprint density at radius 3 is 1.24 bits per heavy atom. The van der Waals surface area contributed by atoms with Gasteiger partial charge in [-0.15, -0.1) is 0 Å². The molecule has 0 aliphatic rings. The number of hydrogen-bond acceptors (Lipinski definition) is 12. The molecule has 2 atom stereocenters. The zero-order valence-electron chi connectivity index (χ0n) is 21.4. The van der Waals surface area contributed by atoms with Gasteiger partial charge in [0.2, 0.25) is 0 Å². The summed E-state index contributed by atoms with van der Waals surface area (Å²) >= 11 is 0. The second-order valence-electron chi connectivity index (χ2n) is 10.1. The van der Waals surface area contributed by atoms with Crippen molar-refractivity contribution in [2.75, 3.05) is 13.2 Å². The van der Waals surface area contributed by atoms with E-state index in [4.69, 9.17) is 9.47 Å². The van der Waals surface area contributed by atoms with E-state index in [1.807, 2.05) is 41.5 Å². The Kier molecular flexibility index (Phi) is 12.1. The molecule has 0 amide bonds. The van der Waals surface area contributed by atoms with E-state index in [1.165, 1.54) is 0 Å². The fraction of sp³-hybridized carbons (Fsp3) is 0.818. The van der Waals surface area contributed by atoms with Crippen LogP contribution in [0.1, 0.15) is 81.1 Å². The minimum atomic E-state index is -1.23. The molecule has 0 saturated heterocycles. The second kappa shape index (κ2) is 13.4. The highest BCUT2D eigenvalue weighted by Crippen LogP contribution is 2.21. The Labute approximate surface area is 201 Å². The molecule has 0 heterocycles. The zero-order valence-corrected chi connectivity index (χ0v) is 21.4. The van der Waals surface area contributed by atoms with Crippen LogP contribution in [0.25, 0.3) is 0 Å². The summed E-state index contributed by atoms with van der Waals surface area (Å²) < 4.78 is 9.56. The molecule has 0 fully saturated rings. The number of nitrogens with zero attached hydrogens (tertiary/aromatic N) is 6. The van der Waals surface area contributed by atoms with Crippen LogP contribution in [0, 0.1) is 22.7 Å². The number of hydrogen-bond donors (Lipinski definition) is 0. The average Bonchev–Trinajstić information content (AvgIpc) is 2.74. The summed E-state index contributed by atoms with van der Waals surface area (Å²) in [6, 6.07) is 4.17. The topological polar surface area (TPSA) is 168 Å². The number of rotatable bonds is 10. The predicted molar refractivity (Wildman–Crippen MR) is 121 cm³/mol. The van der Waals surface area contributed by atoms with Crippen LogP contribution >= 0.6 is 0 Å². The van der Waals surface area contributed by atoms with Crippen molar-refractivity contribution in [2.24, 2.45) is 20.5 Å². The van der Waals surface area contributed by atoms with Gasteiger partial charge in [-0.3, -0.25) is 0 Å². The highest BCUT2D eigenvalue weighted by molar-refractivity contribution is 5.63. The molecule has 12 heteroatoms. The Balaban J connectivity index is 4.20. The van der Waals surface area contributed by atoms with Crippen LogP contribution < -0.4 is 0 Å². The third-order valence-corrected chi connectivity index (χ3v) is 3.86. The maximum absolute atomic E-state index is 11.5. The fourth-order valence-corrected chi connectivity index (χ4v) is 2.04. The molecule has 0 radical (unpaired) electrons. The number of azo groups is 2. The van der Waals surface area contributed by atoms with Gasteiger partial charge in [-0.1, -0.05) is 0 Å². The van der Waals surface area contributed by atoms with Gasteiger partial charge in [0.15, 0.2) is 11.1 Å². The first-order chi connectivity index (χ1) is 15.5. The van der Waals surface area contributed by atoms with E-state index in [9.17, 15) is 20.1 Å². The number of carbonyl (C=O) groups is 2. The maximum Gasteiger partial charge on any atom is 0.549 e. The summed E-state index contributed by atoms with van der Waals surface area (Å²) in [5.41, 5.74) is -2.90. The van der Waals surface area contributed by atoms with Crippen LogP contribution in [0.5, 0.6) is 0 Å². The Morgan fingerprint density at radius 1 is 0.647 bits per heavy atom. The Morgan fingerprint density at radius 2 is 0.971 bits per heavy atom. The molecule has 190 valence electrons. The molecular formula is C22H36N6O6. The van der Waals surface area contributed by atoms with Gasteiger partial charge < -0.3 is 9.47 Å². The van der Waals surface area contributed by atoms with E-state index >= 15 is 0 Å². The number of nitriles is 2. The molecule has 0 aromatic heterocycles. The van der Waals surface area contributed by atoms with Crippen molar-refractivity contribution in [3.63, 3.8) is 0 Å². The van der Waals surface area contributed by atoms with E-state index in [-0.39, 0.29) is 13.2 Å². The summed E-state index contributed by atoms with van der Waals surface area (Å²) in [6.07, 6.45) is -1.22. The largest absolute Gasteiger partial charge is 0.549 e. The molecule has 2 unspecified atom stereocenters. The Hall–Kier alpha value is -3.28. The number of ether oxygens (including phenoxy) is 2. The monoisotopic (exact) mass is 480 g/mol. The van der Waals surface area contributed by atoms with Gasteiger partial charge in [0, 0.05) is 0 Å². The van der Waals surface area contributed by atoms with Crippen molar-refractivity contribution in [3.05, 3.63) is 0 Å². The third kappa shape index (κ3) is 15.5. The van der Waals surface area contributed by atoms with Gasteiger partial charge >= 0.3 is 12.3 Å². The summed E-state index contributed by atoms with van der Waals surface area (Å²) in [5.74, 6) is 0. The minimum Gasteiger partial charge on any atom is -0.432 e. The van der Waals surface area contributed by atoms with Crippen LogP contribution in [0.4, 0.5) is 9.59 Å². The fourth-order valence-electron chi connectivity index (χ4n) is 2.04. The van der Waals surface area contributed by atoms with Gasteiger partial charge in [-0.25, -0.2) is 0 Å². The smallest absolute Gasteiger partial charge is 0.432 e. The van der Waals surface area contributed by atoms with E-state index in [0.717, 1.165) is 0 Å². The van der Waals surface area contributed by atoms with Gasteiger partial charge in [-0.2, -0.15) is 50.3 Å². The van der Waals surface area contributed by atoms with E-state index in [0.29, 0.717) is 25.7 Å². The average molecular weight is 481 g/mol. The van der Waals surface area contributed by atoms with Crippen molar-refractivity contribution in [1.82, 2.24) is 0 Å². The number of carbonyl (C=O) groups excluding carboxylic acids is 2. The SMILES string of the molecule is CC(C)(C)/N=N/C(C)(C#N)CCCOC(=O)OOC(=O)OCCCC(C)(C#N)/N=N/C(C)(C)C. The zero-order chi connectivity index (χ0) is 26.5. The maximum atomic E-state index is 11.5. The van der Waals surface area contributed by atoms with Gasteiger partial charge in [-0.05, 0) is 81.1 Å². The second-order valence-corrected chi connectivity index (χ2v) is 10.1. The van der Waals surface area contributed by atoms with Crippen molar-refractivity contribution in [2.45, 2.75) is 103 Å². The van der Waals surface area contributed by atoms with Crippen molar-refractivity contribution in [1.29, 1.82) is 10.5 Å². The molecule has 34 heavy (non-hydrogen) atoms. The highest BCUT2D eigenvalue weighted by Gasteiger charge is 2.25. The summed E-state index contributed by atoms with van der Waals surface area (Å²) in [5, 5.41) is 35.0. The highest BCUT2D eigenvalue weighted by atomic mass is 17.3. The van der Waals surface area contributed by atoms with Crippen molar-refractivity contribution >= 4 is 12.3 Å². The Bertz CT molecular complexity index is 750. The molecule has 0 aliphatic carbocycles. The molecular weight excluding hydrogens is 444 g/mol. The molecule has 0 N–H and O–H groups in total. The molecule has 12 nitrogen and oxygen atoms in total. The van der Waals surface area contributed by atoms with Crippen LogP contribution in [-0.2, 0) is 19.2 Å². The summed E-state index contributed by atoms with van der Waals surface area (Å²) in [7, 11) is 0. The molecule has 0 aromatic rings. The molecule has 0 rings (SSSR count). The molecule has 0 bridgehead atoms. The van der Waals surface area contributed by atoms with E-state index < -0.39 is 34.5 Å². The van der Waals surface area contributed by atoms with Crippen molar-refractivity contribution < 1.29 is 28.8 Å². The normalized spacial score (nSPS) is 15.6. The van der Waals surface area contributed by atoms with Crippen LogP contribution in [0.15, 0.2) is 20.5 Å². The van der Waals surface area contributed by atoms with Crippen molar-refractivity contribution in [3.8, 4) is 12.1 Å². The predicted octanol–water partition coefficient (Wildman–Crippen LogP) is 5.83. The van der Waals surface area contributed by atoms with Gasteiger partial charge in [0.1, 0.15) is 0 Å². The third-order valence-electron chi connectivity index (χ3n) is 3.86. The quantitative estimate of drug-likeness (QED) is 0.123. The molecule has 0 saturated carbocycles. The molecule has 0 aliphatic heterocycles. The minimum absolute atomic E-state index is 0.0740. The van der Waals surface area contributed by atoms with Crippen LogP contribution in [-0.4, -0.2) is 47.7 Å². The van der Waals surface area contributed by atoms with Crippen LogP contribution in [0.3, 0.4) is 0 Å². The first kappa shape index (κ1) is 30.7. The van der Waals surface area contributed by atoms with Gasteiger partial charge in [0.05, 0.1) is 36.4 Å². The molecule has 0 aromatic carbocycles. The first-order valence-corrected chi connectivity index (χ1v) is 10.9. The van der Waals surface area contributed by atoms with E-state index in [1.54, 1.807) is 13.8 Å². The lowest BCUT2D eigenvalue weighted by Gasteiger charge is -2.18. The van der Waals surface area contributed by atoms with Gasteiger partial charge in [0.25, 0.3) is 0 Å². The van der Waals surface area contributed by atoms with Crippen LogP contribution in [0.2, 0.25) is 0 Å².